The lowest BCUT2D eigenvalue weighted by Gasteiger charge is -2.37. The number of fused-ring (bicyclic) bond motifs is 1. The van der Waals surface area contributed by atoms with Crippen molar-refractivity contribution in [2.75, 3.05) is 46.4 Å². The van der Waals surface area contributed by atoms with Crippen LogP contribution in [0.5, 0.6) is 5.75 Å². The smallest absolute Gasteiger partial charge is 0.125 e. The molecule has 8 heteroatoms. The highest BCUT2D eigenvalue weighted by molar-refractivity contribution is 5.93. The summed E-state index contributed by atoms with van der Waals surface area (Å²) in [5.41, 5.74) is 2.86. The van der Waals surface area contributed by atoms with Gasteiger partial charge in [0.1, 0.15) is 17.6 Å². The summed E-state index contributed by atoms with van der Waals surface area (Å²) < 4.78 is 11.1. The lowest BCUT2D eigenvalue weighted by molar-refractivity contribution is 0.0863. The Morgan fingerprint density at radius 2 is 2.03 bits per heavy atom. The zero-order valence-electron chi connectivity index (χ0n) is 17.4. The monoisotopic (exact) mass is 398 g/mol. The summed E-state index contributed by atoms with van der Waals surface area (Å²) in [6.07, 6.45) is 4.11. The third-order valence-corrected chi connectivity index (χ3v) is 5.32. The van der Waals surface area contributed by atoms with Crippen LogP contribution in [0.3, 0.4) is 0 Å². The van der Waals surface area contributed by atoms with E-state index in [1.54, 1.807) is 13.4 Å². The van der Waals surface area contributed by atoms with E-state index in [2.05, 4.69) is 36.4 Å². The van der Waals surface area contributed by atoms with Crippen molar-refractivity contribution in [1.29, 1.82) is 0 Å². The summed E-state index contributed by atoms with van der Waals surface area (Å²) >= 11 is 0. The van der Waals surface area contributed by atoms with Gasteiger partial charge in [0.25, 0.3) is 0 Å². The predicted octanol–water partition coefficient (Wildman–Crippen LogP) is 1.91. The fourth-order valence-corrected chi connectivity index (χ4v) is 3.79. The van der Waals surface area contributed by atoms with Gasteiger partial charge in [-0.25, -0.2) is 0 Å². The van der Waals surface area contributed by atoms with Crippen molar-refractivity contribution < 1.29 is 9.47 Å². The van der Waals surface area contributed by atoms with Gasteiger partial charge >= 0.3 is 0 Å². The fourth-order valence-electron chi connectivity index (χ4n) is 3.79. The molecule has 0 amide bonds. The van der Waals surface area contributed by atoms with Gasteiger partial charge < -0.3 is 14.8 Å². The van der Waals surface area contributed by atoms with Crippen molar-refractivity contribution in [3.05, 3.63) is 30.0 Å². The summed E-state index contributed by atoms with van der Waals surface area (Å²) in [5.74, 6) is 0.851. The van der Waals surface area contributed by atoms with Gasteiger partial charge in [0.15, 0.2) is 0 Å². The number of hydrogen-bond donors (Lipinski definition) is 2. The summed E-state index contributed by atoms with van der Waals surface area (Å²) in [6, 6.07) is 6.03. The molecule has 0 radical (unpaired) electrons. The number of nitrogens with zero attached hydrogens (tertiary/aromatic N) is 4. The highest BCUT2D eigenvalue weighted by atomic mass is 16.5. The third-order valence-electron chi connectivity index (χ3n) is 5.32. The van der Waals surface area contributed by atoms with Crippen molar-refractivity contribution in [1.82, 2.24) is 25.3 Å². The second kappa shape index (κ2) is 8.94. The van der Waals surface area contributed by atoms with Gasteiger partial charge in [-0.15, -0.1) is 0 Å². The van der Waals surface area contributed by atoms with E-state index in [0.29, 0.717) is 0 Å². The maximum absolute atomic E-state index is 5.86. The number of aliphatic imine (C=N–C) groups is 1. The Morgan fingerprint density at radius 1 is 1.21 bits per heavy atom. The number of hydrogen-bond acceptors (Lipinski definition) is 7. The molecule has 4 rings (SSSR count). The Labute approximate surface area is 171 Å². The van der Waals surface area contributed by atoms with Crippen LogP contribution in [-0.4, -0.2) is 85.0 Å². The average Bonchev–Trinajstić information content (AvgIpc) is 3.15. The molecule has 1 unspecified atom stereocenters. The molecule has 2 N–H and O–H groups in total. The van der Waals surface area contributed by atoms with Crippen LogP contribution < -0.4 is 10.1 Å². The Balaban J connectivity index is 1.50. The maximum atomic E-state index is 5.86. The molecule has 0 spiro atoms. The number of H-pyrrole nitrogens is 1. The van der Waals surface area contributed by atoms with Crippen molar-refractivity contribution in [2.24, 2.45) is 4.99 Å². The molecule has 1 atom stereocenters. The number of aromatic nitrogens is 2. The summed E-state index contributed by atoms with van der Waals surface area (Å²) in [6.45, 7) is 9.88. The number of piperazine rings is 1. The van der Waals surface area contributed by atoms with Crippen LogP contribution in [0.1, 0.15) is 19.5 Å². The minimum Gasteiger partial charge on any atom is -0.491 e. The molecule has 0 saturated carbocycles. The van der Waals surface area contributed by atoms with Crippen molar-refractivity contribution in [3.8, 4) is 5.75 Å². The van der Waals surface area contributed by atoms with Crippen molar-refractivity contribution in [2.45, 2.75) is 26.1 Å². The van der Waals surface area contributed by atoms with Crippen LogP contribution in [0.25, 0.3) is 16.6 Å². The quantitative estimate of drug-likeness (QED) is 0.742. The molecule has 1 aromatic carbocycles. The molecule has 156 valence electrons. The lowest BCUT2D eigenvalue weighted by Crippen LogP contribution is -2.50. The molecule has 1 aromatic heterocycles. The minimum absolute atomic E-state index is 0.0256. The molecule has 8 nitrogen and oxygen atoms in total. The van der Waals surface area contributed by atoms with Crippen LogP contribution in [0.4, 0.5) is 0 Å². The molecule has 1 fully saturated rings. The number of methoxy groups -OCH3 is 1. The van der Waals surface area contributed by atoms with E-state index in [-0.39, 0.29) is 12.3 Å². The van der Waals surface area contributed by atoms with Gasteiger partial charge in [0.2, 0.25) is 0 Å². The summed E-state index contributed by atoms with van der Waals surface area (Å²) in [5, 5.41) is 12.0. The molecule has 1 saturated heterocycles. The first-order valence-electron chi connectivity index (χ1n) is 10.2. The number of nitrogens with one attached hydrogen (secondary N) is 2. The maximum Gasteiger partial charge on any atom is 0.125 e. The molecule has 3 heterocycles. The number of ether oxygens (including phenoxy) is 2. The molecule has 29 heavy (non-hydrogen) atoms. The molecule has 0 bridgehead atoms. The molecular formula is C21H30N6O2. The Bertz CT molecular complexity index is 882. The van der Waals surface area contributed by atoms with E-state index >= 15 is 0 Å². The lowest BCUT2D eigenvalue weighted by atomic mass is 10.1. The largest absolute Gasteiger partial charge is 0.491 e. The second-order valence-electron chi connectivity index (χ2n) is 7.73. The number of benzene rings is 1. The first-order valence-corrected chi connectivity index (χ1v) is 10.2. The van der Waals surface area contributed by atoms with Crippen LogP contribution in [0.15, 0.2) is 29.3 Å². The first-order chi connectivity index (χ1) is 14.1. The SMILES string of the molecule is COCCN1CCN(C2C=C(c3n[nH]c4ccc(OC(C)C)cc34)NC=N2)CC1. The van der Waals surface area contributed by atoms with E-state index < -0.39 is 0 Å². The van der Waals surface area contributed by atoms with Crippen molar-refractivity contribution >= 4 is 22.9 Å². The van der Waals surface area contributed by atoms with Gasteiger partial charge in [-0.2, -0.15) is 5.10 Å². The average molecular weight is 399 g/mol. The predicted molar refractivity (Wildman–Crippen MR) is 115 cm³/mol. The van der Waals surface area contributed by atoms with Gasteiger partial charge in [0, 0.05) is 45.2 Å². The highest BCUT2D eigenvalue weighted by Crippen LogP contribution is 2.27. The van der Waals surface area contributed by atoms with Gasteiger partial charge in [-0.3, -0.25) is 19.9 Å². The topological polar surface area (TPSA) is 78.0 Å². The van der Waals surface area contributed by atoms with Gasteiger partial charge in [-0.05, 0) is 38.1 Å². The molecule has 2 aromatic rings. The summed E-state index contributed by atoms with van der Waals surface area (Å²) in [4.78, 5) is 9.49. The fraction of sp³-hybridized carbons (Fsp3) is 0.524. The van der Waals surface area contributed by atoms with E-state index in [0.717, 1.165) is 67.4 Å². The Hall–Kier alpha value is -2.42. The number of rotatable bonds is 7. The van der Waals surface area contributed by atoms with Gasteiger partial charge in [0.05, 0.1) is 30.3 Å². The first kappa shape index (κ1) is 19.9. The normalized spacial score (nSPS) is 20.8. The zero-order chi connectivity index (χ0) is 20.2. The Kier molecular flexibility index (Phi) is 6.13. The number of aromatic amines is 1. The van der Waals surface area contributed by atoms with E-state index in [1.807, 2.05) is 32.0 Å². The van der Waals surface area contributed by atoms with Gasteiger partial charge in [-0.1, -0.05) is 0 Å². The third kappa shape index (κ3) is 4.60. The zero-order valence-corrected chi connectivity index (χ0v) is 17.4. The van der Waals surface area contributed by atoms with Crippen LogP contribution in [0.2, 0.25) is 0 Å². The standard InChI is InChI=1S/C21H30N6O2/c1-15(2)29-16-4-5-18-17(12-16)21(25-24-18)19-13-20(23-14-22-19)27-8-6-26(7-9-27)10-11-28-3/h4-5,12-15,20H,6-11H2,1-3H3,(H,22,23)(H,24,25). The Morgan fingerprint density at radius 3 is 2.79 bits per heavy atom. The molecule has 2 aliphatic heterocycles. The van der Waals surface area contributed by atoms with Crippen LogP contribution >= 0.6 is 0 Å². The van der Waals surface area contributed by atoms with E-state index in [1.165, 1.54) is 0 Å². The summed E-state index contributed by atoms with van der Waals surface area (Å²) in [7, 11) is 1.75. The van der Waals surface area contributed by atoms with Crippen LogP contribution in [0, 0.1) is 0 Å². The van der Waals surface area contributed by atoms with Crippen LogP contribution in [-0.2, 0) is 4.74 Å². The second-order valence-corrected chi connectivity index (χ2v) is 7.73. The highest BCUT2D eigenvalue weighted by Gasteiger charge is 2.24. The molecule has 0 aliphatic carbocycles. The minimum atomic E-state index is 0.0256. The molecular weight excluding hydrogens is 368 g/mol. The van der Waals surface area contributed by atoms with E-state index in [4.69, 9.17) is 9.47 Å². The molecule has 2 aliphatic rings. The van der Waals surface area contributed by atoms with E-state index in [9.17, 15) is 0 Å². The van der Waals surface area contributed by atoms with Crippen molar-refractivity contribution in [3.63, 3.8) is 0 Å².